The third-order valence-electron chi connectivity index (χ3n) is 2.90. The van der Waals surface area contributed by atoms with E-state index >= 15 is 0 Å². The summed E-state index contributed by atoms with van der Waals surface area (Å²) in [6.45, 7) is 2.77. The molecule has 1 N–H and O–H groups in total. The zero-order valence-electron chi connectivity index (χ0n) is 11.5. The summed E-state index contributed by atoms with van der Waals surface area (Å²) in [5.74, 6) is -0.154. The van der Waals surface area contributed by atoms with E-state index in [9.17, 15) is 4.79 Å². The fourth-order valence-electron chi connectivity index (χ4n) is 1.80. The topological polar surface area (TPSA) is 62.1 Å². The molecule has 102 valence electrons. The van der Waals surface area contributed by atoms with Gasteiger partial charge in [0.15, 0.2) is 0 Å². The van der Waals surface area contributed by atoms with E-state index in [2.05, 4.69) is 16.1 Å². The summed E-state index contributed by atoms with van der Waals surface area (Å²) in [5.41, 5.74) is 2.64. The summed E-state index contributed by atoms with van der Waals surface area (Å²) in [4.78, 5) is 10.9. The van der Waals surface area contributed by atoms with E-state index in [-0.39, 0.29) is 5.97 Å². The monoisotopic (exact) mass is 260 g/mol. The molecule has 4 nitrogen and oxygen atoms in total. The molecule has 0 heterocycles. The van der Waals surface area contributed by atoms with Crippen molar-refractivity contribution in [3.05, 3.63) is 29.3 Å². The van der Waals surface area contributed by atoms with Crippen molar-refractivity contribution in [2.45, 2.75) is 32.6 Å². The second kappa shape index (κ2) is 8.15. The van der Waals surface area contributed by atoms with Crippen LogP contribution in [0.4, 0.5) is 5.69 Å². The number of unbranched alkanes of at least 4 members (excludes halogenated alkanes) is 2. The standard InChI is InChI=1S/C15H20N2O2/c1-12-7-8-14(13(10-12)11-16)17-9-5-3-4-6-15(18)19-2/h7-8,10,17H,3-6,9H2,1-2H3. The van der Waals surface area contributed by atoms with Crippen LogP contribution in [0.5, 0.6) is 0 Å². The Hall–Kier alpha value is -2.02. The van der Waals surface area contributed by atoms with Crippen molar-refractivity contribution in [1.82, 2.24) is 0 Å². The second-order valence-electron chi connectivity index (χ2n) is 4.47. The summed E-state index contributed by atoms with van der Waals surface area (Å²) in [6, 6.07) is 7.98. The Bertz CT molecular complexity index is 464. The molecule has 0 aliphatic rings. The number of carbonyl (C=O) groups excluding carboxylic acids is 1. The van der Waals surface area contributed by atoms with Crippen molar-refractivity contribution in [3.8, 4) is 6.07 Å². The summed E-state index contributed by atoms with van der Waals surface area (Å²) in [6.07, 6.45) is 3.25. The predicted molar refractivity (Wildman–Crippen MR) is 74.9 cm³/mol. The minimum absolute atomic E-state index is 0.154. The molecule has 0 saturated carbocycles. The normalized spacial score (nSPS) is 9.74. The van der Waals surface area contributed by atoms with E-state index in [1.807, 2.05) is 25.1 Å². The molecule has 0 radical (unpaired) electrons. The van der Waals surface area contributed by atoms with Crippen LogP contribution in [0, 0.1) is 18.3 Å². The molecular formula is C15H20N2O2. The smallest absolute Gasteiger partial charge is 0.305 e. The zero-order chi connectivity index (χ0) is 14.1. The number of carbonyl (C=O) groups is 1. The molecule has 19 heavy (non-hydrogen) atoms. The molecule has 0 unspecified atom stereocenters. The first kappa shape index (κ1) is 15.0. The highest BCUT2D eigenvalue weighted by atomic mass is 16.5. The molecule has 0 aromatic heterocycles. The van der Waals surface area contributed by atoms with Crippen molar-refractivity contribution in [2.75, 3.05) is 19.0 Å². The molecule has 0 bridgehead atoms. The first-order valence-electron chi connectivity index (χ1n) is 6.49. The Balaban J connectivity index is 2.27. The van der Waals surface area contributed by atoms with Crippen LogP contribution in [0.25, 0.3) is 0 Å². The first-order chi connectivity index (χ1) is 9.17. The molecule has 1 rings (SSSR count). The molecular weight excluding hydrogens is 240 g/mol. The van der Waals surface area contributed by atoms with Crippen molar-refractivity contribution in [3.63, 3.8) is 0 Å². The van der Waals surface area contributed by atoms with Gasteiger partial charge < -0.3 is 10.1 Å². The molecule has 0 atom stereocenters. The minimum Gasteiger partial charge on any atom is -0.469 e. The molecule has 0 amide bonds. The van der Waals surface area contributed by atoms with Crippen LogP contribution >= 0.6 is 0 Å². The van der Waals surface area contributed by atoms with Gasteiger partial charge in [0.25, 0.3) is 0 Å². The Labute approximate surface area is 114 Å². The Morgan fingerprint density at radius 1 is 1.37 bits per heavy atom. The maximum absolute atomic E-state index is 10.9. The van der Waals surface area contributed by atoms with Crippen molar-refractivity contribution in [1.29, 1.82) is 5.26 Å². The summed E-state index contributed by atoms with van der Waals surface area (Å²) < 4.78 is 4.58. The van der Waals surface area contributed by atoms with Crippen LogP contribution in [0.2, 0.25) is 0 Å². The molecule has 0 fully saturated rings. The lowest BCUT2D eigenvalue weighted by molar-refractivity contribution is -0.140. The summed E-state index contributed by atoms with van der Waals surface area (Å²) in [5, 5.41) is 12.3. The number of nitriles is 1. The number of benzene rings is 1. The van der Waals surface area contributed by atoms with E-state index in [1.54, 1.807) is 0 Å². The van der Waals surface area contributed by atoms with Crippen LogP contribution in [-0.4, -0.2) is 19.6 Å². The van der Waals surface area contributed by atoms with Crippen LogP contribution in [0.3, 0.4) is 0 Å². The zero-order valence-corrected chi connectivity index (χ0v) is 11.5. The lowest BCUT2D eigenvalue weighted by Crippen LogP contribution is -2.04. The Morgan fingerprint density at radius 2 is 2.16 bits per heavy atom. The number of rotatable bonds is 7. The van der Waals surface area contributed by atoms with E-state index in [1.165, 1.54) is 7.11 Å². The number of aryl methyl sites for hydroxylation is 1. The average Bonchev–Trinajstić information content (AvgIpc) is 2.43. The van der Waals surface area contributed by atoms with Crippen molar-refractivity contribution in [2.24, 2.45) is 0 Å². The van der Waals surface area contributed by atoms with Gasteiger partial charge in [-0.15, -0.1) is 0 Å². The van der Waals surface area contributed by atoms with Crippen molar-refractivity contribution >= 4 is 11.7 Å². The van der Waals surface area contributed by atoms with Gasteiger partial charge in [0.1, 0.15) is 6.07 Å². The number of hydrogen-bond donors (Lipinski definition) is 1. The number of nitrogens with one attached hydrogen (secondary N) is 1. The third-order valence-corrected chi connectivity index (χ3v) is 2.90. The van der Waals surface area contributed by atoms with Gasteiger partial charge in [-0.25, -0.2) is 0 Å². The lowest BCUT2D eigenvalue weighted by atomic mass is 10.1. The van der Waals surface area contributed by atoms with Gasteiger partial charge in [0, 0.05) is 13.0 Å². The maximum atomic E-state index is 10.9. The van der Waals surface area contributed by atoms with Gasteiger partial charge in [0.05, 0.1) is 18.4 Å². The van der Waals surface area contributed by atoms with Crippen LogP contribution < -0.4 is 5.32 Å². The molecule has 1 aromatic carbocycles. The highest BCUT2D eigenvalue weighted by Crippen LogP contribution is 2.16. The Morgan fingerprint density at radius 3 is 2.84 bits per heavy atom. The van der Waals surface area contributed by atoms with Crippen LogP contribution in [-0.2, 0) is 9.53 Å². The number of anilines is 1. The number of esters is 1. The van der Waals surface area contributed by atoms with Gasteiger partial charge in [-0.3, -0.25) is 4.79 Å². The third kappa shape index (κ3) is 5.43. The van der Waals surface area contributed by atoms with E-state index in [0.29, 0.717) is 12.0 Å². The average molecular weight is 260 g/mol. The van der Waals surface area contributed by atoms with Crippen molar-refractivity contribution < 1.29 is 9.53 Å². The second-order valence-corrected chi connectivity index (χ2v) is 4.47. The molecule has 0 aliphatic carbocycles. The number of methoxy groups -OCH3 is 1. The maximum Gasteiger partial charge on any atom is 0.305 e. The van der Waals surface area contributed by atoms with Crippen LogP contribution in [0.1, 0.15) is 36.8 Å². The molecule has 4 heteroatoms. The molecule has 1 aromatic rings. The van der Waals surface area contributed by atoms with E-state index in [0.717, 1.165) is 37.1 Å². The van der Waals surface area contributed by atoms with Gasteiger partial charge >= 0.3 is 5.97 Å². The molecule has 0 saturated heterocycles. The first-order valence-corrected chi connectivity index (χ1v) is 6.49. The van der Waals surface area contributed by atoms with Crippen LogP contribution in [0.15, 0.2) is 18.2 Å². The molecule has 0 spiro atoms. The van der Waals surface area contributed by atoms with E-state index < -0.39 is 0 Å². The lowest BCUT2D eigenvalue weighted by Gasteiger charge is -2.08. The fourth-order valence-corrected chi connectivity index (χ4v) is 1.80. The van der Waals surface area contributed by atoms with Gasteiger partial charge in [0.2, 0.25) is 0 Å². The van der Waals surface area contributed by atoms with Gasteiger partial charge in [-0.2, -0.15) is 5.26 Å². The minimum atomic E-state index is -0.154. The largest absolute Gasteiger partial charge is 0.469 e. The summed E-state index contributed by atoms with van der Waals surface area (Å²) >= 11 is 0. The number of nitrogens with zero attached hydrogens (tertiary/aromatic N) is 1. The summed E-state index contributed by atoms with van der Waals surface area (Å²) in [7, 11) is 1.41. The Kier molecular flexibility index (Phi) is 6.45. The SMILES string of the molecule is COC(=O)CCCCCNc1ccc(C)cc1C#N. The number of hydrogen-bond acceptors (Lipinski definition) is 4. The highest BCUT2D eigenvalue weighted by Gasteiger charge is 2.02. The predicted octanol–water partition coefficient (Wildman–Crippen LogP) is 3.01. The highest BCUT2D eigenvalue weighted by molar-refractivity contribution is 5.68. The molecule has 0 aliphatic heterocycles. The fraction of sp³-hybridized carbons (Fsp3) is 0.467. The van der Waals surface area contributed by atoms with E-state index in [4.69, 9.17) is 5.26 Å². The van der Waals surface area contributed by atoms with Gasteiger partial charge in [-0.05, 0) is 37.5 Å². The van der Waals surface area contributed by atoms with Gasteiger partial charge in [-0.1, -0.05) is 12.5 Å². The quantitative estimate of drug-likeness (QED) is 0.604. The number of ether oxygens (including phenoxy) is 1.